The molecule has 2 atom stereocenters. The van der Waals surface area contributed by atoms with Crippen LogP contribution in [0.3, 0.4) is 0 Å². The Kier molecular flexibility index (Phi) is 12.1. The van der Waals surface area contributed by atoms with Crippen molar-refractivity contribution in [2.24, 2.45) is 11.8 Å². The number of carbonyl (C=O) groups is 1. The summed E-state index contributed by atoms with van der Waals surface area (Å²) in [5.41, 5.74) is 0. The first kappa shape index (κ1) is 18.4. The van der Waals surface area contributed by atoms with Crippen LogP contribution in [0.1, 0.15) is 71.6 Å². The Hall–Kier alpha value is -0.570. The van der Waals surface area contributed by atoms with Crippen molar-refractivity contribution in [1.82, 2.24) is 0 Å². The molecule has 0 saturated carbocycles. The predicted octanol–water partition coefficient (Wildman–Crippen LogP) is 3.93. The van der Waals surface area contributed by atoms with Crippen molar-refractivity contribution < 1.29 is 14.6 Å². The molecule has 0 heterocycles. The lowest BCUT2D eigenvalue weighted by Crippen LogP contribution is -2.01. The van der Waals surface area contributed by atoms with Gasteiger partial charge in [0.1, 0.15) is 0 Å². The summed E-state index contributed by atoms with van der Waals surface area (Å²) in [5.74, 6) is 1.12. The quantitative estimate of drug-likeness (QED) is 0.432. The van der Waals surface area contributed by atoms with E-state index in [2.05, 4.69) is 18.6 Å². The van der Waals surface area contributed by atoms with Crippen molar-refractivity contribution >= 4 is 5.97 Å². The van der Waals surface area contributed by atoms with Gasteiger partial charge in [-0.1, -0.05) is 52.4 Å². The average Bonchev–Trinajstić information content (AvgIpc) is 2.42. The maximum Gasteiger partial charge on any atom is 0.305 e. The number of aliphatic hydroxyl groups is 1. The van der Waals surface area contributed by atoms with Gasteiger partial charge in [0.2, 0.25) is 0 Å². The fraction of sp³-hybridized carbons (Fsp3) is 0.938. The molecule has 0 radical (unpaired) electrons. The Labute approximate surface area is 118 Å². The third-order valence-corrected chi connectivity index (χ3v) is 3.76. The third-order valence-electron chi connectivity index (χ3n) is 3.76. The van der Waals surface area contributed by atoms with Gasteiger partial charge in [0, 0.05) is 13.0 Å². The van der Waals surface area contributed by atoms with E-state index in [4.69, 9.17) is 5.11 Å². The minimum atomic E-state index is -0.0920. The van der Waals surface area contributed by atoms with Gasteiger partial charge in [0.05, 0.1) is 7.11 Å². The van der Waals surface area contributed by atoms with Crippen LogP contribution in [-0.4, -0.2) is 24.8 Å². The van der Waals surface area contributed by atoms with Crippen molar-refractivity contribution in [3.8, 4) is 0 Å². The van der Waals surface area contributed by atoms with Gasteiger partial charge in [-0.2, -0.15) is 0 Å². The molecule has 19 heavy (non-hydrogen) atoms. The summed E-state index contributed by atoms with van der Waals surface area (Å²) in [6.45, 7) is 4.72. The Balaban J connectivity index is 3.30. The number of methoxy groups -OCH3 is 1. The van der Waals surface area contributed by atoms with Crippen LogP contribution in [0.4, 0.5) is 0 Å². The van der Waals surface area contributed by atoms with Crippen LogP contribution in [0.15, 0.2) is 0 Å². The van der Waals surface area contributed by atoms with Crippen LogP contribution in [0, 0.1) is 11.8 Å². The van der Waals surface area contributed by atoms with Gasteiger partial charge in [0.25, 0.3) is 0 Å². The van der Waals surface area contributed by atoms with E-state index in [0.29, 0.717) is 18.9 Å². The van der Waals surface area contributed by atoms with E-state index in [1.54, 1.807) is 0 Å². The van der Waals surface area contributed by atoms with Gasteiger partial charge in [-0.15, -0.1) is 0 Å². The van der Waals surface area contributed by atoms with Crippen LogP contribution in [-0.2, 0) is 9.53 Å². The summed E-state index contributed by atoms with van der Waals surface area (Å²) in [4.78, 5) is 10.9. The highest BCUT2D eigenvalue weighted by molar-refractivity contribution is 5.68. The zero-order valence-electron chi connectivity index (χ0n) is 13.0. The highest BCUT2D eigenvalue weighted by atomic mass is 16.5. The first-order valence-electron chi connectivity index (χ1n) is 7.77. The number of ether oxygens (including phenoxy) is 1. The number of carbonyl (C=O) groups excluding carboxylic acids is 1. The Bertz CT molecular complexity index is 216. The standard InChI is InChI=1S/C16H32O3/c1-14(10-7-8-12-16(18)19-3)9-5-4-6-11-15(2)13-17/h14-15,17H,4-13H2,1-3H3/t14-,15-/m1/s1. The fourth-order valence-corrected chi connectivity index (χ4v) is 2.26. The number of aliphatic hydroxyl groups excluding tert-OH is 1. The summed E-state index contributed by atoms with van der Waals surface area (Å²) in [5, 5.41) is 8.92. The van der Waals surface area contributed by atoms with E-state index in [1.807, 2.05) is 0 Å². The van der Waals surface area contributed by atoms with Crippen LogP contribution in [0.2, 0.25) is 0 Å². The molecule has 0 spiro atoms. The van der Waals surface area contributed by atoms with E-state index in [1.165, 1.54) is 39.2 Å². The molecule has 3 heteroatoms. The topological polar surface area (TPSA) is 46.5 Å². The predicted molar refractivity (Wildman–Crippen MR) is 79.0 cm³/mol. The molecule has 1 N–H and O–H groups in total. The fourth-order valence-electron chi connectivity index (χ4n) is 2.26. The SMILES string of the molecule is COC(=O)CCCC[C@H](C)CCCCC[C@@H](C)CO. The molecule has 0 aliphatic rings. The first-order chi connectivity index (χ1) is 9.10. The second kappa shape index (κ2) is 12.5. The largest absolute Gasteiger partial charge is 0.469 e. The zero-order chi connectivity index (χ0) is 14.5. The molecule has 0 fully saturated rings. The van der Waals surface area contributed by atoms with E-state index in [0.717, 1.165) is 25.2 Å². The third kappa shape index (κ3) is 12.2. The number of esters is 1. The highest BCUT2D eigenvalue weighted by Gasteiger charge is 2.05. The smallest absolute Gasteiger partial charge is 0.305 e. The lowest BCUT2D eigenvalue weighted by molar-refractivity contribution is -0.140. The Morgan fingerprint density at radius 3 is 2.00 bits per heavy atom. The van der Waals surface area contributed by atoms with Crippen molar-refractivity contribution in [3.05, 3.63) is 0 Å². The molecule has 0 aliphatic heterocycles. The summed E-state index contributed by atoms with van der Waals surface area (Å²) >= 11 is 0. The number of hydrogen-bond donors (Lipinski definition) is 1. The molecule has 0 bridgehead atoms. The van der Waals surface area contributed by atoms with Gasteiger partial charge in [-0.25, -0.2) is 0 Å². The molecular weight excluding hydrogens is 240 g/mol. The molecule has 0 unspecified atom stereocenters. The van der Waals surface area contributed by atoms with Crippen molar-refractivity contribution in [2.45, 2.75) is 71.6 Å². The molecule has 0 aromatic rings. The normalized spacial score (nSPS) is 14.1. The molecule has 0 amide bonds. The molecule has 0 aromatic heterocycles. The molecular formula is C16H32O3. The van der Waals surface area contributed by atoms with Gasteiger partial charge >= 0.3 is 5.97 Å². The summed E-state index contributed by atoms with van der Waals surface area (Å²) < 4.78 is 4.62. The minimum Gasteiger partial charge on any atom is -0.469 e. The van der Waals surface area contributed by atoms with Crippen molar-refractivity contribution in [2.75, 3.05) is 13.7 Å². The molecule has 0 saturated heterocycles. The monoisotopic (exact) mass is 272 g/mol. The van der Waals surface area contributed by atoms with Crippen LogP contribution < -0.4 is 0 Å². The van der Waals surface area contributed by atoms with Gasteiger partial charge in [0.15, 0.2) is 0 Å². The number of rotatable bonds is 12. The van der Waals surface area contributed by atoms with E-state index < -0.39 is 0 Å². The van der Waals surface area contributed by atoms with E-state index in [9.17, 15) is 4.79 Å². The van der Waals surface area contributed by atoms with Gasteiger partial charge in [-0.3, -0.25) is 4.79 Å². The molecule has 0 rings (SSSR count). The summed E-state index contributed by atoms with van der Waals surface area (Å²) in [6, 6.07) is 0. The average molecular weight is 272 g/mol. The lowest BCUT2D eigenvalue weighted by Gasteiger charge is -2.11. The first-order valence-corrected chi connectivity index (χ1v) is 7.77. The number of hydrogen-bond acceptors (Lipinski definition) is 3. The summed E-state index contributed by atoms with van der Waals surface area (Å²) in [6.07, 6.45) is 10.1. The van der Waals surface area contributed by atoms with E-state index >= 15 is 0 Å². The molecule has 114 valence electrons. The minimum absolute atomic E-state index is 0.0920. The maximum atomic E-state index is 10.9. The number of unbranched alkanes of at least 4 members (excludes halogenated alkanes) is 3. The second-order valence-electron chi connectivity index (χ2n) is 5.85. The maximum absolute atomic E-state index is 10.9. The highest BCUT2D eigenvalue weighted by Crippen LogP contribution is 2.18. The van der Waals surface area contributed by atoms with Crippen molar-refractivity contribution in [3.63, 3.8) is 0 Å². The Morgan fingerprint density at radius 1 is 0.947 bits per heavy atom. The van der Waals surface area contributed by atoms with Gasteiger partial charge in [-0.05, 0) is 24.7 Å². The van der Waals surface area contributed by atoms with Crippen LogP contribution in [0.5, 0.6) is 0 Å². The second-order valence-corrected chi connectivity index (χ2v) is 5.85. The molecule has 0 aliphatic carbocycles. The zero-order valence-corrected chi connectivity index (χ0v) is 13.0. The van der Waals surface area contributed by atoms with Crippen molar-refractivity contribution in [1.29, 1.82) is 0 Å². The Morgan fingerprint density at radius 2 is 1.47 bits per heavy atom. The van der Waals surface area contributed by atoms with Crippen LogP contribution in [0.25, 0.3) is 0 Å². The lowest BCUT2D eigenvalue weighted by atomic mass is 9.95. The molecule has 3 nitrogen and oxygen atoms in total. The van der Waals surface area contributed by atoms with E-state index in [-0.39, 0.29) is 5.97 Å². The van der Waals surface area contributed by atoms with Gasteiger partial charge < -0.3 is 9.84 Å². The molecule has 0 aromatic carbocycles. The summed E-state index contributed by atoms with van der Waals surface area (Å²) in [7, 11) is 1.45. The van der Waals surface area contributed by atoms with Crippen LogP contribution >= 0.6 is 0 Å².